The lowest BCUT2D eigenvalue weighted by Crippen LogP contribution is -2.29. The maximum Gasteiger partial charge on any atom is 0.255 e. The molecule has 0 aromatic heterocycles. The van der Waals surface area contributed by atoms with Gasteiger partial charge in [0.2, 0.25) is 0 Å². The number of amides is 1. The van der Waals surface area contributed by atoms with Crippen molar-refractivity contribution >= 4 is 28.8 Å². The van der Waals surface area contributed by atoms with Gasteiger partial charge in [0.15, 0.2) is 5.78 Å². The summed E-state index contributed by atoms with van der Waals surface area (Å²) in [5.41, 5.74) is 3.87. The number of nitrogens with one attached hydrogen (secondary N) is 1. The van der Waals surface area contributed by atoms with E-state index in [1.54, 1.807) is 18.2 Å². The van der Waals surface area contributed by atoms with Crippen LogP contribution in [0.25, 0.3) is 0 Å². The first-order valence-electron chi connectivity index (χ1n) is 9.10. The number of carbonyl (C=O) groups is 2. The Morgan fingerprint density at radius 2 is 1.63 bits per heavy atom. The summed E-state index contributed by atoms with van der Waals surface area (Å²) in [6, 6.07) is 15.2. The van der Waals surface area contributed by atoms with Gasteiger partial charge in [-0.15, -0.1) is 0 Å². The molecule has 1 amide bonds. The lowest BCUT2D eigenvalue weighted by atomic mass is 9.88. The average molecular weight is 361 g/mol. The van der Waals surface area contributed by atoms with E-state index in [0.29, 0.717) is 11.3 Å². The smallest absolute Gasteiger partial charge is 0.255 e. The summed E-state index contributed by atoms with van der Waals surface area (Å²) in [7, 11) is 1.51. The molecule has 0 fully saturated rings. The minimum atomic E-state index is -0.404. The van der Waals surface area contributed by atoms with E-state index in [1.165, 1.54) is 7.05 Å². The van der Waals surface area contributed by atoms with Gasteiger partial charge in [0.1, 0.15) is 0 Å². The highest BCUT2D eigenvalue weighted by molar-refractivity contribution is 6.35. The van der Waals surface area contributed by atoms with E-state index in [0.717, 1.165) is 30.0 Å². The number of nitrogens with zero attached hydrogens (tertiary/aromatic N) is 2. The van der Waals surface area contributed by atoms with Gasteiger partial charge < -0.3 is 10.2 Å². The zero-order valence-electron chi connectivity index (χ0n) is 15.8. The van der Waals surface area contributed by atoms with E-state index < -0.39 is 5.91 Å². The van der Waals surface area contributed by atoms with Crippen molar-refractivity contribution in [1.82, 2.24) is 5.32 Å². The number of likely N-dealkylation sites (N-methyl/N-ethyl adjacent to an activating group) is 1. The molecule has 0 saturated carbocycles. The molecular formula is C22H23N3O2. The quantitative estimate of drug-likeness (QED) is 0.829. The second-order valence-corrected chi connectivity index (χ2v) is 6.20. The highest BCUT2D eigenvalue weighted by Crippen LogP contribution is 2.26. The van der Waals surface area contributed by atoms with Crippen LogP contribution in [0.5, 0.6) is 0 Å². The molecular weight excluding hydrogens is 338 g/mol. The van der Waals surface area contributed by atoms with Crippen molar-refractivity contribution in [2.24, 2.45) is 4.99 Å². The molecule has 5 heteroatoms. The molecule has 0 bridgehead atoms. The lowest BCUT2D eigenvalue weighted by molar-refractivity contribution is -0.116. The van der Waals surface area contributed by atoms with Crippen LogP contribution in [0.15, 0.2) is 65.2 Å². The standard InChI is InChI=1S/C22H23N3O2/c1-4-25(5-2)16-12-10-15(11-13-16)24-20-14-19(22(27)23-3)21(26)18-9-7-6-8-17(18)20/h6-14H,4-5H2,1-3H3,(H,23,27). The fourth-order valence-corrected chi connectivity index (χ4v) is 3.19. The van der Waals surface area contributed by atoms with Gasteiger partial charge in [-0.1, -0.05) is 24.3 Å². The number of Topliss-reactive ketones (excluding diaryl/α,β-unsaturated/α-hetero) is 1. The molecule has 27 heavy (non-hydrogen) atoms. The number of allylic oxidation sites excluding steroid dienone is 1. The molecule has 1 aliphatic carbocycles. The molecule has 0 unspecified atom stereocenters. The van der Waals surface area contributed by atoms with Gasteiger partial charge in [0, 0.05) is 37.0 Å². The van der Waals surface area contributed by atoms with Gasteiger partial charge in [-0.3, -0.25) is 9.59 Å². The van der Waals surface area contributed by atoms with E-state index in [4.69, 9.17) is 4.99 Å². The molecule has 1 aliphatic rings. The van der Waals surface area contributed by atoms with Gasteiger partial charge >= 0.3 is 0 Å². The van der Waals surface area contributed by atoms with Crippen LogP contribution in [0, 0.1) is 0 Å². The molecule has 0 aliphatic heterocycles. The molecule has 5 nitrogen and oxygen atoms in total. The Bertz CT molecular complexity index is 923. The van der Waals surface area contributed by atoms with Gasteiger partial charge in [0.05, 0.1) is 17.0 Å². The summed E-state index contributed by atoms with van der Waals surface area (Å²) in [5, 5.41) is 2.52. The van der Waals surface area contributed by atoms with E-state index in [2.05, 4.69) is 24.1 Å². The third-order valence-corrected chi connectivity index (χ3v) is 4.67. The predicted molar refractivity (Wildman–Crippen MR) is 109 cm³/mol. The number of anilines is 1. The van der Waals surface area contributed by atoms with Crippen LogP contribution >= 0.6 is 0 Å². The third kappa shape index (κ3) is 3.67. The molecule has 1 N–H and O–H groups in total. The molecule has 0 atom stereocenters. The summed E-state index contributed by atoms with van der Waals surface area (Å²) < 4.78 is 0. The third-order valence-electron chi connectivity index (χ3n) is 4.67. The van der Waals surface area contributed by atoms with Crippen molar-refractivity contribution in [2.75, 3.05) is 25.0 Å². The van der Waals surface area contributed by atoms with E-state index >= 15 is 0 Å². The first-order valence-corrected chi connectivity index (χ1v) is 9.10. The van der Waals surface area contributed by atoms with Crippen LogP contribution in [-0.4, -0.2) is 37.5 Å². The van der Waals surface area contributed by atoms with Crippen LogP contribution in [0.2, 0.25) is 0 Å². The van der Waals surface area contributed by atoms with Crippen LogP contribution in [0.1, 0.15) is 29.8 Å². The summed E-state index contributed by atoms with van der Waals surface area (Å²) in [5.74, 6) is -0.681. The van der Waals surface area contributed by atoms with Crippen molar-refractivity contribution in [3.8, 4) is 0 Å². The number of rotatable bonds is 5. The maximum absolute atomic E-state index is 12.6. The predicted octanol–water partition coefficient (Wildman–Crippen LogP) is 3.52. The Hall–Kier alpha value is -3.21. The van der Waals surface area contributed by atoms with Gasteiger partial charge in [-0.2, -0.15) is 0 Å². The van der Waals surface area contributed by atoms with Crippen LogP contribution < -0.4 is 10.2 Å². The van der Waals surface area contributed by atoms with E-state index in [9.17, 15) is 9.59 Å². The Morgan fingerprint density at radius 1 is 1.00 bits per heavy atom. The molecule has 0 radical (unpaired) electrons. The Morgan fingerprint density at radius 3 is 2.22 bits per heavy atom. The summed E-state index contributed by atoms with van der Waals surface area (Å²) in [4.78, 5) is 31.7. The molecule has 2 aromatic rings. The monoisotopic (exact) mass is 361 g/mol. The topological polar surface area (TPSA) is 61.8 Å². The summed E-state index contributed by atoms with van der Waals surface area (Å²) in [6.07, 6.45) is 1.57. The van der Waals surface area contributed by atoms with Crippen molar-refractivity contribution in [3.63, 3.8) is 0 Å². The average Bonchev–Trinajstić information content (AvgIpc) is 2.71. The SMILES string of the molecule is CCN(CC)c1ccc(N=C2C=C(C(=O)NC)C(=O)c3ccccc32)cc1. The van der Waals surface area contributed by atoms with Crippen molar-refractivity contribution in [3.05, 3.63) is 71.3 Å². The lowest BCUT2D eigenvalue weighted by Gasteiger charge is -2.21. The van der Waals surface area contributed by atoms with Crippen molar-refractivity contribution in [2.45, 2.75) is 13.8 Å². The summed E-state index contributed by atoms with van der Waals surface area (Å²) in [6.45, 7) is 6.13. The highest BCUT2D eigenvalue weighted by atomic mass is 16.2. The zero-order valence-corrected chi connectivity index (χ0v) is 15.8. The second-order valence-electron chi connectivity index (χ2n) is 6.20. The number of hydrogen-bond donors (Lipinski definition) is 1. The minimum Gasteiger partial charge on any atom is -0.372 e. The number of hydrogen-bond acceptors (Lipinski definition) is 4. The fraction of sp³-hybridized carbons (Fsp3) is 0.227. The Balaban J connectivity index is 2.04. The number of fused-ring (bicyclic) bond motifs is 1. The first-order chi connectivity index (χ1) is 13.1. The van der Waals surface area contributed by atoms with Crippen LogP contribution in [0.3, 0.4) is 0 Å². The number of carbonyl (C=O) groups excluding carboxylic acids is 2. The van der Waals surface area contributed by atoms with Crippen molar-refractivity contribution in [1.29, 1.82) is 0 Å². The van der Waals surface area contributed by atoms with Crippen LogP contribution in [0.4, 0.5) is 11.4 Å². The fourth-order valence-electron chi connectivity index (χ4n) is 3.19. The molecule has 0 heterocycles. The van der Waals surface area contributed by atoms with E-state index in [1.807, 2.05) is 36.4 Å². The zero-order chi connectivity index (χ0) is 19.4. The van der Waals surface area contributed by atoms with Gasteiger partial charge in [0.25, 0.3) is 5.91 Å². The molecule has 2 aromatic carbocycles. The molecule has 0 spiro atoms. The summed E-state index contributed by atoms with van der Waals surface area (Å²) >= 11 is 0. The number of benzene rings is 2. The Labute approximate surface area is 159 Å². The number of ketones is 1. The van der Waals surface area contributed by atoms with Gasteiger partial charge in [-0.25, -0.2) is 4.99 Å². The van der Waals surface area contributed by atoms with Crippen molar-refractivity contribution < 1.29 is 9.59 Å². The highest BCUT2D eigenvalue weighted by Gasteiger charge is 2.27. The molecule has 0 saturated heterocycles. The molecule has 138 valence electrons. The van der Waals surface area contributed by atoms with E-state index in [-0.39, 0.29) is 11.4 Å². The maximum atomic E-state index is 12.6. The number of aliphatic imine (C=N–C) groups is 1. The first kappa shape index (κ1) is 18.6. The second kappa shape index (κ2) is 7.99. The molecule has 3 rings (SSSR count). The Kier molecular flexibility index (Phi) is 5.50. The van der Waals surface area contributed by atoms with Crippen LogP contribution in [-0.2, 0) is 4.79 Å². The minimum absolute atomic E-state index is 0.106. The normalized spacial score (nSPS) is 14.6. The largest absolute Gasteiger partial charge is 0.372 e. The van der Waals surface area contributed by atoms with Gasteiger partial charge in [-0.05, 0) is 44.2 Å².